The summed E-state index contributed by atoms with van der Waals surface area (Å²) in [4.78, 5) is 19.1. The molecule has 3 atom stereocenters. The van der Waals surface area contributed by atoms with Gasteiger partial charge in [0.1, 0.15) is 17.7 Å². The third kappa shape index (κ3) is 3.14. The number of pyridine rings is 1. The summed E-state index contributed by atoms with van der Waals surface area (Å²) in [6.07, 6.45) is 3.57. The number of anilines is 1. The molecule has 0 N–H and O–H groups in total. The van der Waals surface area contributed by atoms with Crippen molar-refractivity contribution in [1.29, 1.82) is 5.26 Å². The molecule has 3 aliphatic rings. The Morgan fingerprint density at radius 3 is 2.67 bits per heavy atom. The number of sulfonamides is 1. The number of nitrogens with zero attached hydrogens (tertiary/aromatic N) is 4. The van der Waals surface area contributed by atoms with E-state index in [1.54, 1.807) is 6.07 Å². The van der Waals surface area contributed by atoms with E-state index in [1.807, 2.05) is 11.8 Å². The molecule has 2 heterocycles. The van der Waals surface area contributed by atoms with Gasteiger partial charge in [-0.25, -0.2) is 13.4 Å². The van der Waals surface area contributed by atoms with Crippen molar-refractivity contribution in [2.45, 2.75) is 46.1 Å². The Labute approximate surface area is 183 Å². The fraction of sp³-hybridized carbons (Fsp3) is 0.667. The molecular formula is C21H27ClN4O3S. The lowest BCUT2D eigenvalue weighted by Gasteiger charge is -2.42. The van der Waals surface area contributed by atoms with Crippen molar-refractivity contribution < 1.29 is 13.2 Å². The molecule has 0 spiro atoms. The lowest BCUT2D eigenvalue weighted by atomic mass is 9.70. The quantitative estimate of drug-likeness (QED) is 0.700. The number of carbonyl (C=O) groups excluding carboxylic acids is 1. The average Bonchev–Trinajstić information content (AvgIpc) is 3.02. The Balaban J connectivity index is 1.52. The lowest BCUT2D eigenvalue weighted by Crippen LogP contribution is -2.56. The summed E-state index contributed by atoms with van der Waals surface area (Å²) >= 11 is 5.98. The molecule has 1 aliphatic heterocycles. The Kier molecular flexibility index (Phi) is 5.16. The van der Waals surface area contributed by atoms with Gasteiger partial charge in [-0.15, -0.1) is 0 Å². The summed E-state index contributed by atoms with van der Waals surface area (Å²) in [6.45, 7) is 7.18. The van der Waals surface area contributed by atoms with Gasteiger partial charge in [-0.3, -0.25) is 4.79 Å². The molecule has 3 fully saturated rings. The standard InChI is InChI=1S/C21H27ClN4O3S/c1-14-12-25(6-7-26(14)19-8-15(10-23)17(22)11-24-19)30(28,29)13-21-5-4-16(9-18(21)27)20(21,2)3/h8,11,14,16H,4-7,9,12-13H2,1-3H3/t14-,16-,21+/m0/s1. The van der Waals surface area contributed by atoms with Crippen molar-refractivity contribution in [1.82, 2.24) is 9.29 Å². The summed E-state index contributed by atoms with van der Waals surface area (Å²) in [5.74, 6) is 0.937. The summed E-state index contributed by atoms with van der Waals surface area (Å²) in [5, 5.41) is 9.51. The number of piperazine rings is 1. The van der Waals surface area contributed by atoms with Crippen LogP contribution in [0.2, 0.25) is 5.02 Å². The Hall–Kier alpha value is -1.69. The highest BCUT2D eigenvalue weighted by atomic mass is 35.5. The van der Waals surface area contributed by atoms with Crippen LogP contribution in [0.25, 0.3) is 0 Å². The maximum absolute atomic E-state index is 13.4. The average molecular weight is 451 g/mol. The molecule has 2 saturated carbocycles. The van der Waals surface area contributed by atoms with Gasteiger partial charge >= 0.3 is 0 Å². The molecule has 9 heteroatoms. The third-order valence-electron chi connectivity index (χ3n) is 7.81. The van der Waals surface area contributed by atoms with Crippen LogP contribution >= 0.6 is 11.6 Å². The van der Waals surface area contributed by atoms with Gasteiger partial charge in [-0.1, -0.05) is 25.4 Å². The first-order valence-electron chi connectivity index (χ1n) is 10.4. The Morgan fingerprint density at radius 1 is 1.37 bits per heavy atom. The van der Waals surface area contributed by atoms with E-state index < -0.39 is 15.4 Å². The summed E-state index contributed by atoms with van der Waals surface area (Å²) in [7, 11) is -3.58. The van der Waals surface area contributed by atoms with E-state index in [-0.39, 0.29) is 23.0 Å². The Bertz CT molecular complexity index is 1040. The second-order valence-electron chi connectivity index (χ2n) is 9.46. The molecule has 1 saturated heterocycles. The van der Waals surface area contributed by atoms with Gasteiger partial charge in [0, 0.05) is 43.7 Å². The van der Waals surface area contributed by atoms with E-state index in [9.17, 15) is 18.5 Å². The first kappa shape index (κ1) is 21.5. The van der Waals surface area contributed by atoms with Crippen LogP contribution in [-0.2, 0) is 14.8 Å². The predicted molar refractivity (Wildman–Crippen MR) is 115 cm³/mol. The number of carbonyl (C=O) groups is 1. The van der Waals surface area contributed by atoms with Crippen LogP contribution in [0.3, 0.4) is 0 Å². The normalized spacial score (nSPS) is 31.2. The molecule has 7 nitrogen and oxygen atoms in total. The van der Waals surface area contributed by atoms with Crippen LogP contribution in [0.5, 0.6) is 0 Å². The van der Waals surface area contributed by atoms with E-state index >= 15 is 0 Å². The number of Topliss-reactive ketones (excluding diaryl/α,β-unsaturated/α-hetero) is 1. The van der Waals surface area contributed by atoms with Crippen LogP contribution in [0.15, 0.2) is 12.3 Å². The van der Waals surface area contributed by atoms with Crippen LogP contribution in [-0.4, -0.2) is 54.9 Å². The van der Waals surface area contributed by atoms with Gasteiger partial charge in [0.2, 0.25) is 10.0 Å². The number of aromatic nitrogens is 1. The van der Waals surface area contributed by atoms with Crippen LogP contribution in [0, 0.1) is 28.1 Å². The highest BCUT2D eigenvalue weighted by Gasteiger charge is 2.65. The summed E-state index contributed by atoms with van der Waals surface area (Å²) in [6, 6.07) is 3.58. The highest BCUT2D eigenvalue weighted by molar-refractivity contribution is 7.89. The molecule has 1 aromatic rings. The first-order valence-corrected chi connectivity index (χ1v) is 12.3. The molecule has 30 heavy (non-hydrogen) atoms. The van der Waals surface area contributed by atoms with Gasteiger partial charge < -0.3 is 4.90 Å². The van der Waals surface area contributed by atoms with Crippen LogP contribution in [0.4, 0.5) is 5.82 Å². The second-order valence-corrected chi connectivity index (χ2v) is 11.8. The van der Waals surface area contributed by atoms with E-state index in [0.29, 0.717) is 54.8 Å². The number of halogens is 1. The summed E-state index contributed by atoms with van der Waals surface area (Å²) in [5.41, 5.74) is -0.678. The molecule has 2 aliphatic carbocycles. The van der Waals surface area contributed by atoms with Crippen LogP contribution < -0.4 is 4.90 Å². The molecule has 0 unspecified atom stereocenters. The van der Waals surface area contributed by atoms with Gasteiger partial charge in [-0.2, -0.15) is 9.57 Å². The fourth-order valence-corrected chi connectivity index (χ4v) is 8.13. The minimum absolute atomic E-state index is 0.0904. The Morgan fingerprint density at radius 2 is 2.10 bits per heavy atom. The number of nitriles is 1. The maximum atomic E-state index is 13.4. The van der Waals surface area contributed by atoms with E-state index in [0.717, 1.165) is 6.42 Å². The smallest absolute Gasteiger partial charge is 0.215 e. The number of hydrogen-bond acceptors (Lipinski definition) is 6. The minimum Gasteiger partial charge on any atom is -0.351 e. The molecule has 0 radical (unpaired) electrons. The zero-order chi connectivity index (χ0) is 21.9. The topological polar surface area (TPSA) is 94.4 Å². The monoisotopic (exact) mass is 450 g/mol. The van der Waals surface area contributed by atoms with Crippen molar-refractivity contribution >= 4 is 33.2 Å². The first-order chi connectivity index (χ1) is 14.0. The molecule has 0 amide bonds. The zero-order valence-corrected chi connectivity index (χ0v) is 19.1. The van der Waals surface area contributed by atoms with Gasteiger partial charge in [-0.05, 0) is 37.2 Å². The van der Waals surface area contributed by atoms with Crippen molar-refractivity contribution in [3.05, 3.63) is 22.8 Å². The number of ketones is 1. The van der Waals surface area contributed by atoms with E-state index in [1.165, 1.54) is 10.5 Å². The van der Waals surface area contributed by atoms with E-state index in [4.69, 9.17) is 11.6 Å². The van der Waals surface area contributed by atoms with Crippen LogP contribution in [0.1, 0.15) is 45.6 Å². The van der Waals surface area contributed by atoms with Crippen molar-refractivity contribution in [3.8, 4) is 6.07 Å². The van der Waals surface area contributed by atoms with Gasteiger partial charge in [0.15, 0.2) is 0 Å². The fourth-order valence-electron chi connectivity index (χ4n) is 5.70. The number of hydrogen-bond donors (Lipinski definition) is 0. The molecule has 2 bridgehead atoms. The van der Waals surface area contributed by atoms with Crippen molar-refractivity contribution in [3.63, 3.8) is 0 Å². The van der Waals surface area contributed by atoms with E-state index in [2.05, 4.69) is 24.9 Å². The SMILES string of the molecule is C[C@H]1CN(S(=O)(=O)C[C@]23CC[C@@H](CC2=O)C3(C)C)CCN1c1cc(C#N)c(Cl)cn1. The van der Waals surface area contributed by atoms with Crippen molar-refractivity contribution in [2.75, 3.05) is 30.3 Å². The lowest BCUT2D eigenvalue weighted by molar-refractivity contribution is -0.128. The summed E-state index contributed by atoms with van der Waals surface area (Å²) < 4.78 is 28.3. The highest BCUT2D eigenvalue weighted by Crippen LogP contribution is 2.64. The molecule has 1 aromatic heterocycles. The zero-order valence-electron chi connectivity index (χ0n) is 17.6. The van der Waals surface area contributed by atoms with Gasteiger partial charge in [0.05, 0.1) is 16.3 Å². The molecule has 0 aromatic carbocycles. The third-order valence-corrected chi connectivity index (χ3v) is 10.1. The van der Waals surface area contributed by atoms with Crippen molar-refractivity contribution in [2.24, 2.45) is 16.7 Å². The van der Waals surface area contributed by atoms with Gasteiger partial charge in [0.25, 0.3) is 0 Å². The number of rotatable bonds is 4. The largest absolute Gasteiger partial charge is 0.351 e. The molecular weight excluding hydrogens is 424 g/mol. The second kappa shape index (κ2) is 7.18. The predicted octanol–water partition coefficient (Wildman–Crippen LogP) is 2.84. The molecule has 162 valence electrons. The number of fused-ring (bicyclic) bond motifs is 2. The minimum atomic E-state index is -3.58. The maximum Gasteiger partial charge on any atom is 0.215 e. The molecule has 4 rings (SSSR count).